The molecule has 7 nitrogen and oxygen atoms in total. The fourth-order valence-corrected chi connectivity index (χ4v) is 3.27. The second-order valence-corrected chi connectivity index (χ2v) is 7.06. The molecule has 0 aliphatic carbocycles. The number of amides is 1. The molecule has 1 saturated heterocycles. The van der Waals surface area contributed by atoms with Gasteiger partial charge in [-0.15, -0.1) is 0 Å². The fourth-order valence-electron chi connectivity index (χ4n) is 3.27. The zero-order valence-electron chi connectivity index (χ0n) is 15.4. The third-order valence-electron chi connectivity index (χ3n) is 5.14. The van der Waals surface area contributed by atoms with Crippen molar-refractivity contribution >= 4 is 17.0 Å². The molecular formula is C21H20N4O3. The van der Waals surface area contributed by atoms with Gasteiger partial charge in [0.15, 0.2) is 5.58 Å². The summed E-state index contributed by atoms with van der Waals surface area (Å²) in [6, 6.07) is 15.1. The highest BCUT2D eigenvalue weighted by molar-refractivity contribution is 5.81. The summed E-state index contributed by atoms with van der Waals surface area (Å²) < 4.78 is 6.64. The first kappa shape index (κ1) is 18.0. The van der Waals surface area contributed by atoms with Crippen LogP contribution in [0.5, 0.6) is 0 Å². The Bertz CT molecular complexity index is 1120. The average molecular weight is 376 g/mol. The fraction of sp³-hybridized carbons (Fsp3) is 0.286. The molecule has 142 valence electrons. The number of aryl methyl sites for hydroxylation is 1. The molecule has 0 bridgehead atoms. The molecule has 0 spiro atoms. The number of aromatic nitrogens is 1. The molecule has 1 unspecified atom stereocenters. The molecular weight excluding hydrogens is 356 g/mol. The molecule has 0 radical (unpaired) electrons. The number of nitrogens with one attached hydrogen (secondary N) is 2. The molecule has 2 N–H and O–H groups in total. The van der Waals surface area contributed by atoms with Crippen molar-refractivity contribution < 1.29 is 9.21 Å². The van der Waals surface area contributed by atoms with E-state index in [1.54, 1.807) is 13.1 Å². The molecule has 1 aliphatic heterocycles. The van der Waals surface area contributed by atoms with Crippen molar-refractivity contribution in [2.45, 2.75) is 12.5 Å². The molecule has 0 saturated carbocycles. The quantitative estimate of drug-likeness (QED) is 0.704. The largest absolute Gasteiger partial charge is 0.419 e. The van der Waals surface area contributed by atoms with Gasteiger partial charge in [0.25, 0.3) is 0 Å². The van der Waals surface area contributed by atoms with Crippen LogP contribution in [0.2, 0.25) is 0 Å². The third kappa shape index (κ3) is 3.42. The topological polar surface area (TPSA) is 100 Å². The number of hydrogen-bond donors (Lipinski definition) is 2. The lowest BCUT2D eigenvalue weighted by Gasteiger charge is -2.26. The number of carbonyl (C=O) groups is 1. The van der Waals surface area contributed by atoms with Crippen LogP contribution in [0.15, 0.2) is 51.7 Å². The minimum atomic E-state index is -0.546. The normalized spacial score (nSPS) is 15.0. The van der Waals surface area contributed by atoms with Gasteiger partial charge in [-0.2, -0.15) is 5.26 Å². The lowest BCUT2D eigenvalue weighted by Crippen LogP contribution is -2.52. The van der Waals surface area contributed by atoms with E-state index < -0.39 is 6.04 Å². The summed E-state index contributed by atoms with van der Waals surface area (Å²) in [5, 5.41) is 15.2. The summed E-state index contributed by atoms with van der Waals surface area (Å²) in [5.41, 5.74) is 4.24. The number of fused-ring (bicyclic) bond motifs is 1. The smallest absolute Gasteiger partial charge is 0.408 e. The van der Waals surface area contributed by atoms with Crippen LogP contribution in [-0.4, -0.2) is 29.6 Å². The van der Waals surface area contributed by atoms with Crippen LogP contribution < -0.4 is 16.4 Å². The van der Waals surface area contributed by atoms with E-state index in [-0.39, 0.29) is 17.6 Å². The molecule has 1 fully saturated rings. The van der Waals surface area contributed by atoms with Crippen molar-refractivity contribution in [1.82, 2.24) is 15.2 Å². The number of nitrogens with zero attached hydrogens (tertiary/aromatic N) is 2. The lowest BCUT2D eigenvalue weighted by molar-refractivity contribution is -0.126. The van der Waals surface area contributed by atoms with Gasteiger partial charge in [0.2, 0.25) is 5.91 Å². The minimum absolute atomic E-state index is 0.0352. The van der Waals surface area contributed by atoms with Crippen molar-refractivity contribution in [1.29, 1.82) is 5.26 Å². The Morgan fingerprint density at radius 3 is 2.64 bits per heavy atom. The van der Waals surface area contributed by atoms with Gasteiger partial charge in [-0.05, 0) is 28.8 Å². The van der Waals surface area contributed by atoms with E-state index >= 15 is 0 Å². The number of hydrogen-bond acceptors (Lipinski definition) is 5. The van der Waals surface area contributed by atoms with Crippen LogP contribution in [0.1, 0.15) is 5.56 Å². The van der Waals surface area contributed by atoms with Crippen LogP contribution in [-0.2, 0) is 18.3 Å². The Morgan fingerprint density at radius 2 is 2.00 bits per heavy atom. The van der Waals surface area contributed by atoms with Crippen LogP contribution in [0.25, 0.3) is 22.2 Å². The van der Waals surface area contributed by atoms with Crippen molar-refractivity contribution in [2.24, 2.45) is 13.0 Å². The van der Waals surface area contributed by atoms with E-state index in [4.69, 9.17) is 4.42 Å². The Labute approximate surface area is 161 Å². The number of rotatable bonds is 5. The van der Waals surface area contributed by atoms with Gasteiger partial charge in [-0.25, -0.2) is 4.79 Å². The number of oxazole rings is 1. The molecule has 4 rings (SSSR count). The van der Waals surface area contributed by atoms with Crippen LogP contribution in [0, 0.1) is 17.2 Å². The molecule has 3 aromatic rings. The van der Waals surface area contributed by atoms with Crippen molar-refractivity contribution in [3.63, 3.8) is 0 Å². The van der Waals surface area contributed by atoms with Crippen LogP contribution >= 0.6 is 0 Å². The summed E-state index contributed by atoms with van der Waals surface area (Å²) in [6.07, 6.45) is 0.456. The van der Waals surface area contributed by atoms with E-state index in [1.165, 1.54) is 4.57 Å². The maximum absolute atomic E-state index is 12.0. The van der Waals surface area contributed by atoms with Crippen LogP contribution in [0.3, 0.4) is 0 Å². The van der Waals surface area contributed by atoms with Crippen molar-refractivity contribution in [3.8, 4) is 17.2 Å². The zero-order chi connectivity index (χ0) is 19.7. The zero-order valence-corrected chi connectivity index (χ0v) is 15.4. The van der Waals surface area contributed by atoms with E-state index in [9.17, 15) is 14.9 Å². The Balaban J connectivity index is 1.48. The van der Waals surface area contributed by atoms with E-state index in [0.29, 0.717) is 25.1 Å². The van der Waals surface area contributed by atoms with Crippen molar-refractivity contribution in [2.75, 3.05) is 13.1 Å². The third-order valence-corrected chi connectivity index (χ3v) is 5.14. The minimum Gasteiger partial charge on any atom is -0.408 e. The monoisotopic (exact) mass is 376 g/mol. The molecule has 7 heteroatoms. The number of nitriles is 1. The Kier molecular flexibility index (Phi) is 4.72. The van der Waals surface area contributed by atoms with Gasteiger partial charge in [-0.1, -0.05) is 30.3 Å². The first-order chi connectivity index (χ1) is 13.5. The average Bonchev–Trinajstić information content (AvgIpc) is 2.94. The summed E-state index contributed by atoms with van der Waals surface area (Å²) in [6.45, 7) is 1.34. The van der Waals surface area contributed by atoms with Gasteiger partial charge < -0.3 is 15.1 Å². The predicted molar refractivity (Wildman–Crippen MR) is 104 cm³/mol. The molecule has 1 aliphatic rings. The predicted octanol–water partition coefficient (Wildman–Crippen LogP) is 1.57. The lowest BCUT2D eigenvalue weighted by atomic mass is 9.99. The van der Waals surface area contributed by atoms with Gasteiger partial charge in [-0.3, -0.25) is 9.36 Å². The molecule has 1 amide bonds. The summed E-state index contributed by atoms with van der Waals surface area (Å²) in [5.74, 6) is -0.488. The second kappa shape index (κ2) is 7.33. The summed E-state index contributed by atoms with van der Waals surface area (Å²) in [4.78, 5) is 23.7. The molecule has 28 heavy (non-hydrogen) atoms. The highest BCUT2D eigenvalue weighted by atomic mass is 16.4. The van der Waals surface area contributed by atoms with Crippen LogP contribution in [0.4, 0.5) is 0 Å². The first-order valence-electron chi connectivity index (χ1n) is 9.15. The molecule has 1 atom stereocenters. The highest BCUT2D eigenvalue weighted by Gasteiger charge is 2.26. The summed E-state index contributed by atoms with van der Waals surface area (Å²) in [7, 11) is 1.68. The number of carbonyl (C=O) groups excluding carboxylic acids is 1. The molecule has 2 heterocycles. The molecule has 2 aromatic carbocycles. The van der Waals surface area contributed by atoms with Gasteiger partial charge in [0.1, 0.15) is 6.04 Å². The Hall–Kier alpha value is -3.37. The second-order valence-electron chi connectivity index (χ2n) is 7.06. The van der Waals surface area contributed by atoms with E-state index in [0.717, 1.165) is 22.2 Å². The maximum atomic E-state index is 12.0. The van der Waals surface area contributed by atoms with E-state index in [1.807, 2.05) is 36.4 Å². The first-order valence-corrected chi connectivity index (χ1v) is 9.15. The van der Waals surface area contributed by atoms with Gasteiger partial charge in [0, 0.05) is 26.6 Å². The highest BCUT2D eigenvalue weighted by Crippen LogP contribution is 2.24. The standard InChI is InChI=1S/C21H20N4O3/c1-25-18-9-15(6-7-19(18)28-21(25)27)14-4-2-13(3-5-14)8-17(10-22)24-20(26)16-11-23-12-16/h2-7,9,16-17,23H,8,11-12H2,1H3,(H,24,26). The summed E-state index contributed by atoms with van der Waals surface area (Å²) >= 11 is 0. The SMILES string of the molecule is Cn1c(=O)oc2ccc(-c3ccc(CC(C#N)NC(=O)C4CNC4)cc3)cc21. The van der Waals surface area contributed by atoms with E-state index in [2.05, 4.69) is 16.7 Å². The van der Waals surface area contributed by atoms with Gasteiger partial charge in [0.05, 0.1) is 17.5 Å². The van der Waals surface area contributed by atoms with Gasteiger partial charge >= 0.3 is 5.76 Å². The maximum Gasteiger partial charge on any atom is 0.419 e. The van der Waals surface area contributed by atoms with Crippen molar-refractivity contribution in [3.05, 3.63) is 58.6 Å². The molecule has 1 aromatic heterocycles. The number of benzene rings is 2. The Morgan fingerprint density at radius 1 is 1.29 bits per heavy atom.